The molecular weight excluding hydrogens is 346 g/mol. The summed E-state index contributed by atoms with van der Waals surface area (Å²) in [4.78, 5) is 35.8. The Morgan fingerprint density at radius 1 is 1.07 bits per heavy atom. The Bertz CT molecular complexity index is 703. The second kappa shape index (κ2) is 9.71. The molecule has 27 heavy (non-hydrogen) atoms. The van der Waals surface area contributed by atoms with Gasteiger partial charge in [-0.05, 0) is 31.6 Å². The average Bonchev–Trinajstić information content (AvgIpc) is 3.30. The van der Waals surface area contributed by atoms with E-state index in [9.17, 15) is 14.4 Å². The van der Waals surface area contributed by atoms with Crippen LogP contribution in [0, 0.1) is 5.92 Å². The zero-order valence-electron chi connectivity index (χ0n) is 16.0. The lowest BCUT2D eigenvalue weighted by Gasteiger charge is -2.09. The lowest BCUT2D eigenvalue weighted by atomic mass is 10.0. The number of aryl methyl sites for hydroxylation is 2. The Morgan fingerprint density at radius 3 is 2.67 bits per heavy atom. The SMILES string of the molecule is O=C(CCC1CCCC1)NCC(=O)NCCCn1nc2n(c1=O)CCCC2. The largest absolute Gasteiger partial charge is 0.355 e. The molecule has 0 saturated heterocycles. The highest BCUT2D eigenvalue weighted by Crippen LogP contribution is 2.28. The molecule has 1 aliphatic carbocycles. The summed E-state index contributed by atoms with van der Waals surface area (Å²) in [5.74, 6) is 1.31. The summed E-state index contributed by atoms with van der Waals surface area (Å²) < 4.78 is 3.25. The van der Waals surface area contributed by atoms with E-state index in [1.54, 1.807) is 4.57 Å². The highest BCUT2D eigenvalue weighted by Gasteiger charge is 2.17. The van der Waals surface area contributed by atoms with Crippen LogP contribution in [-0.2, 0) is 29.1 Å². The monoisotopic (exact) mass is 377 g/mol. The number of fused-ring (bicyclic) bond motifs is 1. The van der Waals surface area contributed by atoms with Gasteiger partial charge in [0.2, 0.25) is 11.8 Å². The molecular formula is C19H31N5O3. The molecule has 8 heteroatoms. The van der Waals surface area contributed by atoms with Gasteiger partial charge in [-0.15, -0.1) is 0 Å². The number of rotatable bonds is 9. The molecule has 2 N–H and O–H groups in total. The van der Waals surface area contributed by atoms with Gasteiger partial charge in [-0.25, -0.2) is 9.48 Å². The van der Waals surface area contributed by atoms with E-state index in [2.05, 4.69) is 15.7 Å². The van der Waals surface area contributed by atoms with Crippen molar-refractivity contribution in [2.75, 3.05) is 13.1 Å². The van der Waals surface area contributed by atoms with Crippen LogP contribution in [0.3, 0.4) is 0 Å². The molecule has 2 aliphatic rings. The Balaban J connectivity index is 1.28. The summed E-state index contributed by atoms with van der Waals surface area (Å²) >= 11 is 0. The summed E-state index contributed by atoms with van der Waals surface area (Å²) in [5, 5.41) is 9.85. The lowest BCUT2D eigenvalue weighted by molar-refractivity contribution is -0.126. The molecule has 8 nitrogen and oxygen atoms in total. The topological polar surface area (TPSA) is 98.0 Å². The first-order valence-corrected chi connectivity index (χ1v) is 10.3. The number of hydrogen-bond acceptors (Lipinski definition) is 4. The third kappa shape index (κ3) is 5.68. The van der Waals surface area contributed by atoms with E-state index in [0.29, 0.717) is 31.8 Å². The van der Waals surface area contributed by atoms with Crippen molar-refractivity contribution < 1.29 is 9.59 Å². The number of nitrogens with zero attached hydrogens (tertiary/aromatic N) is 3. The molecule has 2 amide bonds. The highest BCUT2D eigenvalue weighted by atomic mass is 16.2. The van der Waals surface area contributed by atoms with Crippen LogP contribution >= 0.6 is 0 Å². The van der Waals surface area contributed by atoms with E-state index in [-0.39, 0.29) is 24.0 Å². The second-order valence-corrected chi connectivity index (χ2v) is 7.70. The Morgan fingerprint density at radius 2 is 1.89 bits per heavy atom. The molecule has 3 rings (SSSR count). The number of carbonyl (C=O) groups excluding carboxylic acids is 2. The standard InChI is InChI=1S/C19H31N5O3/c25-17(10-9-15-6-1-2-7-15)21-14-18(26)20-11-5-13-24-19(27)23-12-4-3-8-16(23)22-24/h15H,1-14H2,(H,20,26)(H,21,25). The third-order valence-corrected chi connectivity index (χ3v) is 5.60. The first-order valence-electron chi connectivity index (χ1n) is 10.3. The smallest absolute Gasteiger partial charge is 0.345 e. The first kappa shape index (κ1) is 19.6. The predicted molar refractivity (Wildman–Crippen MR) is 101 cm³/mol. The van der Waals surface area contributed by atoms with E-state index in [1.165, 1.54) is 30.4 Å². The van der Waals surface area contributed by atoms with Gasteiger partial charge in [0.15, 0.2) is 0 Å². The van der Waals surface area contributed by atoms with Crippen LogP contribution in [0.4, 0.5) is 0 Å². The van der Waals surface area contributed by atoms with Crippen LogP contribution in [0.1, 0.15) is 63.6 Å². The quantitative estimate of drug-likeness (QED) is 0.627. The van der Waals surface area contributed by atoms with E-state index in [0.717, 1.165) is 38.1 Å². The summed E-state index contributed by atoms with van der Waals surface area (Å²) in [6, 6.07) is 0. The fourth-order valence-electron chi connectivity index (χ4n) is 4.01. The highest BCUT2D eigenvalue weighted by molar-refractivity contribution is 5.84. The van der Waals surface area contributed by atoms with Crippen molar-refractivity contribution in [1.29, 1.82) is 0 Å². The maximum Gasteiger partial charge on any atom is 0.345 e. The summed E-state index contributed by atoms with van der Waals surface area (Å²) in [5.41, 5.74) is -0.0504. The van der Waals surface area contributed by atoms with Crippen molar-refractivity contribution in [1.82, 2.24) is 25.0 Å². The van der Waals surface area contributed by atoms with Gasteiger partial charge in [0, 0.05) is 32.5 Å². The van der Waals surface area contributed by atoms with Gasteiger partial charge in [-0.3, -0.25) is 14.2 Å². The van der Waals surface area contributed by atoms with E-state index in [4.69, 9.17) is 0 Å². The van der Waals surface area contributed by atoms with Crippen molar-refractivity contribution >= 4 is 11.8 Å². The maximum atomic E-state index is 12.2. The maximum absolute atomic E-state index is 12.2. The molecule has 1 aliphatic heterocycles. The molecule has 1 aromatic heterocycles. The molecule has 0 aromatic carbocycles. The molecule has 0 radical (unpaired) electrons. The van der Waals surface area contributed by atoms with Gasteiger partial charge in [-0.2, -0.15) is 5.10 Å². The minimum Gasteiger partial charge on any atom is -0.355 e. The van der Waals surface area contributed by atoms with Crippen LogP contribution in [0.15, 0.2) is 4.79 Å². The Kier molecular flexibility index (Phi) is 7.06. The summed E-state index contributed by atoms with van der Waals surface area (Å²) in [6.07, 6.45) is 10.1. The van der Waals surface area contributed by atoms with Gasteiger partial charge in [-0.1, -0.05) is 25.7 Å². The lowest BCUT2D eigenvalue weighted by Crippen LogP contribution is -2.37. The Hall–Kier alpha value is -2.12. The van der Waals surface area contributed by atoms with Crippen molar-refractivity contribution in [2.24, 2.45) is 5.92 Å². The third-order valence-electron chi connectivity index (χ3n) is 5.60. The normalized spacial score (nSPS) is 16.9. The van der Waals surface area contributed by atoms with Crippen molar-refractivity contribution in [3.05, 3.63) is 16.3 Å². The second-order valence-electron chi connectivity index (χ2n) is 7.70. The number of carbonyl (C=O) groups is 2. The van der Waals surface area contributed by atoms with Gasteiger partial charge in [0.25, 0.3) is 0 Å². The summed E-state index contributed by atoms with van der Waals surface area (Å²) in [6.45, 7) is 1.73. The van der Waals surface area contributed by atoms with Crippen LogP contribution in [0.25, 0.3) is 0 Å². The fraction of sp³-hybridized carbons (Fsp3) is 0.789. The number of amides is 2. The van der Waals surface area contributed by atoms with E-state index < -0.39 is 0 Å². The molecule has 0 unspecified atom stereocenters. The van der Waals surface area contributed by atoms with Crippen molar-refractivity contribution in [2.45, 2.75) is 77.3 Å². The molecule has 0 spiro atoms. The van der Waals surface area contributed by atoms with Crippen molar-refractivity contribution in [3.8, 4) is 0 Å². The number of hydrogen-bond donors (Lipinski definition) is 2. The molecule has 1 saturated carbocycles. The number of nitrogens with one attached hydrogen (secondary N) is 2. The van der Waals surface area contributed by atoms with Crippen LogP contribution in [0.5, 0.6) is 0 Å². The van der Waals surface area contributed by atoms with E-state index >= 15 is 0 Å². The minimum absolute atomic E-state index is 0.0161. The average molecular weight is 377 g/mol. The fourth-order valence-corrected chi connectivity index (χ4v) is 4.01. The number of aromatic nitrogens is 3. The van der Waals surface area contributed by atoms with Gasteiger partial charge in [0.05, 0.1) is 6.54 Å². The van der Waals surface area contributed by atoms with E-state index in [1.807, 2.05) is 0 Å². The van der Waals surface area contributed by atoms with Crippen LogP contribution in [-0.4, -0.2) is 39.3 Å². The molecule has 150 valence electrons. The zero-order valence-corrected chi connectivity index (χ0v) is 16.0. The molecule has 0 atom stereocenters. The zero-order chi connectivity index (χ0) is 19.1. The molecule has 2 heterocycles. The summed E-state index contributed by atoms with van der Waals surface area (Å²) in [7, 11) is 0. The van der Waals surface area contributed by atoms with Gasteiger partial charge in [0.1, 0.15) is 5.82 Å². The molecule has 0 bridgehead atoms. The molecule has 1 aromatic rings. The predicted octanol–water partition coefficient (Wildman–Crippen LogP) is 0.974. The Labute approximate surface area is 159 Å². The van der Waals surface area contributed by atoms with Crippen LogP contribution in [0.2, 0.25) is 0 Å². The van der Waals surface area contributed by atoms with Gasteiger partial charge < -0.3 is 10.6 Å². The first-order chi connectivity index (χ1) is 13.1. The van der Waals surface area contributed by atoms with Crippen LogP contribution < -0.4 is 16.3 Å². The van der Waals surface area contributed by atoms with Gasteiger partial charge >= 0.3 is 5.69 Å². The molecule has 1 fully saturated rings. The van der Waals surface area contributed by atoms with Crippen molar-refractivity contribution in [3.63, 3.8) is 0 Å². The minimum atomic E-state index is -0.194.